The third-order valence-electron chi connectivity index (χ3n) is 4.36. The molecular formula is C18H30N2O. The predicted octanol–water partition coefficient (Wildman–Crippen LogP) is 3.14. The highest BCUT2D eigenvalue weighted by atomic mass is 16.5. The van der Waals surface area contributed by atoms with Gasteiger partial charge < -0.3 is 15.4 Å². The van der Waals surface area contributed by atoms with E-state index in [0.717, 1.165) is 38.2 Å². The van der Waals surface area contributed by atoms with Crippen LogP contribution in [0.15, 0.2) is 18.2 Å². The molecule has 118 valence electrons. The van der Waals surface area contributed by atoms with Gasteiger partial charge in [-0.1, -0.05) is 25.1 Å². The van der Waals surface area contributed by atoms with Crippen LogP contribution in [0.3, 0.4) is 0 Å². The number of hydrogen-bond acceptors (Lipinski definition) is 3. The Labute approximate surface area is 129 Å². The van der Waals surface area contributed by atoms with E-state index in [2.05, 4.69) is 36.9 Å². The average Bonchev–Trinajstić information content (AvgIpc) is 2.99. The lowest BCUT2D eigenvalue weighted by Crippen LogP contribution is -2.23. The minimum atomic E-state index is 0.221. The van der Waals surface area contributed by atoms with Gasteiger partial charge in [-0.2, -0.15) is 0 Å². The Hall–Kier alpha value is -1.06. The monoisotopic (exact) mass is 290 g/mol. The van der Waals surface area contributed by atoms with E-state index in [1.54, 1.807) is 0 Å². The number of rotatable bonds is 8. The molecule has 1 heterocycles. The normalized spacial score (nSPS) is 17.1. The second-order valence-corrected chi connectivity index (χ2v) is 6.19. The number of likely N-dealkylation sites (tertiary alicyclic amines) is 1. The zero-order valence-electron chi connectivity index (χ0n) is 13.6. The van der Waals surface area contributed by atoms with Crippen LogP contribution in [0.5, 0.6) is 5.75 Å². The summed E-state index contributed by atoms with van der Waals surface area (Å²) in [6, 6.07) is 6.60. The molecule has 0 saturated carbocycles. The number of ether oxygens (including phenoxy) is 1. The molecular weight excluding hydrogens is 260 g/mol. The van der Waals surface area contributed by atoms with Gasteiger partial charge in [-0.25, -0.2) is 0 Å². The Kier molecular flexibility index (Phi) is 6.52. The summed E-state index contributed by atoms with van der Waals surface area (Å²) < 4.78 is 6.09. The third kappa shape index (κ3) is 5.01. The molecule has 1 unspecified atom stereocenters. The van der Waals surface area contributed by atoms with Crippen LogP contribution in [0, 0.1) is 6.92 Å². The zero-order valence-corrected chi connectivity index (χ0v) is 13.6. The van der Waals surface area contributed by atoms with Crippen molar-refractivity contribution in [2.75, 3.05) is 26.2 Å². The molecule has 1 aromatic rings. The molecule has 0 bridgehead atoms. The molecule has 21 heavy (non-hydrogen) atoms. The quantitative estimate of drug-likeness (QED) is 0.748. The molecule has 3 heteroatoms. The van der Waals surface area contributed by atoms with Crippen molar-refractivity contribution in [3.63, 3.8) is 0 Å². The van der Waals surface area contributed by atoms with Gasteiger partial charge in [0.25, 0.3) is 0 Å². The summed E-state index contributed by atoms with van der Waals surface area (Å²) in [7, 11) is 0. The third-order valence-corrected chi connectivity index (χ3v) is 4.36. The van der Waals surface area contributed by atoms with Crippen molar-refractivity contribution < 1.29 is 4.74 Å². The summed E-state index contributed by atoms with van der Waals surface area (Å²) in [6.07, 6.45) is 5.73. The number of benzene rings is 1. The molecule has 1 aliphatic heterocycles. The summed E-state index contributed by atoms with van der Waals surface area (Å²) in [5.41, 5.74) is 8.57. The first-order valence-electron chi connectivity index (χ1n) is 8.40. The maximum Gasteiger partial charge on any atom is 0.125 e. The van der Waals surface area contributed by atoms with Crippen molar-refractivity contribution in [2.24, 2.45) is 5.73 Å². The Morgan fingerprint density at radius 3 is 2.76 bits per heavy atom. The topological polar surface area (TPSA) is 38.5 Å². The standard InChI is InChI=1S/C18H30N2O/c1-3-17(19)14-16-9-6-8-15(2)18(16)21-13-7-12-20-10-4-5-11-20/h6,8-9,17H,3-5,7,10-14,19H2,1-2H3. The summed E-state index contributed by atoms with van der Waals surface area (Å²) in [4.78, 5) is 2.54. The van der Waals surface area contributed by atoms with Gasteiger partial charge in [0.15, 0.2) is 0 Å². The van der Waals surface area contributed by atoms with Crippen LogP contribution >= 0.6 is 0 Å². The van der Waals surface area contributed by atoms with Crippen LogP contribution in [0.4, 0.5) is 0 Å². The van der Waals surface area contributed by atoms with E-state index in [1.165, 1.54) is 37.1 Å². The molecule has 1 saturated heterocycles. The van der Waals surface area contributed by atoms with E-state index in [-0.39, 0.29) is 6.04 Å². The van der Waals surface area contributed by atoms with Crippen molar-refractivity contribution in [1.82, 2.24) is 4.90 Å². The number of nitrogens with zero attached hydrogens (tertiary/aromatic N) is 1. The highest BCUT2D eigenvalue weighted by Gasteiger charge is 2.12. The molecule has 0 radical (unpaired) electrons. The number of nitrogens with two attached hydrogens (primary N) is 1. The first-order chi connectivity index (χ1) is 10.2. The van der Waals surface area contributed by atoms with E-state index >= 15 is 0 Å². The van der Waals surface area contributed by atoms with Crippen molar-refractivity contribution in [2.45, 2.75) is 52.0 Å². The maximum atomic E-state index is 6.10. The molecule has 1 atom stereocenters. The van der Waals surface area contributed by atoms with Gasteiger partial charge in [0.05, 0.1) is 6.61 Å². The van der Waals surface area contributed by atoms with Crippen LogP contribution in [-0.4, -0.2) is 37.2 Å². The van der Waals surface area contributed by atoms with Crippen LogP contribution < -0.4 is 10.5 Å². The smallest absolute Gasteiger partial charge is 0.125 e. The van der Waals surface area contributed by atoms with Gasteiger partial charge >= 0.3 is 0 Å². The van der Waals surface area contributed by atoms with Crippen molar-refractivity contribution in [1.29, 1.82) is 0 Å². The number of hydrogen-bond donors (Lipinski definition) is 1. The molecule has 2 N–H and O–H groups in total. The number of para-hydroxylation sites is 1. The molecule has 1 aromatic carbocycles. The zero-order chi connectivity index (χ0) is 15.1. The Morgan fingerprint density at radius 1 is 1.29 bits per heavy atom. The van der Waals surface area contributed by atoms with Crippen LogP contribution in [0.1, 0.15) is 43.7 Å². The summed E-state index contributed by atoms with van der Waals surface area (Å²) in [5.74, 6) is 1.06. The minimum absolute atomic E-state index is 0.221. The first-order valence-corrected chi connectivity index (χ1v) is 8.40. The molecule has 0 aliphatic carbocycles. The second-order valence-electron chi connectivity index (χ2n) is 6.19. The molecule has 0 aromatic heterocycles. The average molecular weight is 290 g/mol. The molecule has 1 aliphatic rings. The van der Waals surface area contributed by atoms with E-state index in [0.29, 0.717) is 0 Å². The highest BCUT2D eigenvalue weighted by molar-refractivity contribution is 5.41. The molecule has 2 rings (SSSR count). The number of aryl methyl sites for hydroxylation is 1. The van der Waals surface area contributed by atoms with Gasteiger partial charge in [0.2, 0.25) is 0 Å². The fraction of sp³-hybridized carbons (Fsp3) is 0.667. The Bertz CT molecular complexity index is 427. The van der Waals surface area contributed by atoms with Gasteiger partial charge in [0, 0.05) is 12.6 Å². The van der Waals surface area contributed by atoms with Crippen molar-refractivity contribution >= 4 is 0 Å². The molecule has 3 nitrogen and oxygen atoms in total. The van der Waals surface area contributed by atoms with Crippen molar-refractivity contribution in [3.8, 4) is 5.75 Å². The van der Waals surface area contributed by atoms with Crippen LogP contribution in [-0.2, 0) is 6.42 Å². The Balaban J connectivity index is 1.85. The SMILES string of the molecule is CCC(N)Cc1cccc(C)c1OCCCN1CCCC1. The van der Waals surface area contributed by atoms with Crippen molar-refractivity contribution in [3.05, 3.63) is 29.3 Å². The second kappa shape index (κ2) is 8.40. The van der Waals surface area contributed by atoms with Crippen LogP contribution in [0.2, 0.25) is 0 Å². The maximum absolute atomic E-state index is 6.10. The summed E-state index contributed by atoms with van der Waals surface area (Å²) in [5, 5.41) is 0. The fourth-order valence-electron chi connectivity index (χ4n) is 2.98. The predicted molar refractivity (Wildman–Crippen MR) is 88.9 cm³/mol. The summed E-state index contributed by atoms with van der Waals surface area (Å²) in [6.45, 7) is 8.75. The van der Waals surface area contributed by atoms with Gasteiger partial charge in [-0.15, -0.1) is 0 Å². The molecule has 0 amide bonds. The van der Waals surface area contributed by atoms with Crippen LogP contribution in [0.25, 0.3) is 0 Å². The minimum Gasteiger partial charge on any atom is -0.493 e. The fourth-order valence-corrected chi connectivity index (χ4v) is 2.98. The van der Waals surface area contributed by atoms with E-state index in [4.69, 9.17) is 10.5 Å². The summed E-state index contributed by atoms with van der Waals surface area (Å²) >= 11 is 0. The lowest BCUT2D eigenvalue weighted by atomic mass is 10.0. The highest BCUT2D eigenvalue weighted by Crippen LogP contribution is 2.25. The molecule has 0 spiro atoms. The van der Waals surface area contributed by atoms with Gasteiger partial charge in [-0.3, -0.25) is 0 Å². The largest absolute Gasteiger partial charge is 0.493 e. The lowest BCUT2D eigenvalue weighted by Gasteiger charge is -2.18. The molecule has 1 fully saturated rings. The Morgan fingerprint density at radius 2 is 2.05 bits per heavy atom. The van der Waals surface area contributed by atoms with E-state index < -0.39 is 0 Å². The lowest BCUT2D eigenvalue weighted by molar-refractivity contribution is 0.260. The first kappa shape index (κ1) is 16.3. The van der Waals surface area contributed by atoms with Gasteiger partial charge in [0.1, 0.15) is 5.75 Å². The van der Waals surface area contributed by atoms with E-state index in [9.17, 15) is 0 Å². The van der Waals surface area contributed by atoms with Gasteiger partial charge in [-0.05, 0) is 63.2 Å². The van der Waals surface area contributed by atoms with E-state index in [1.807, 2.05) is 0 Å².